The van der Waals surface area contributed by atoms with E-state index in [0.717, 1.165) is 25.9 Å². The molecule has 0 bridgehead atoms. The number of ether oxygens (including phenoxy) is 1. The topological polar surface area (TPSA) is 87.3 Å². The van der Waals surface area contributed by atoms with Crippen LogP contribution < -0.4 is 20.5 Å². The van der Waals surface area contributed by atoms with E-state index in [2.05, 4.69) is 20.2 Å². The SMILES string of the molecule is COc1ccc(NC(=O)Cc2c(C)nc(N3CCCC3)[nH]c2=O)cc1. The Kier molecular flexibility index (Phi) is 5.02. The summed E-state index contributed by atoms with van der Waals surface area (Å²) in [6.45, 7) is 3.57. The third-order valence-electron chi connectivity index (χ3n) is 4.33. The Labute approximate surface area is 146 Å². The molecule has 132 valence electrons. The summed E-state index contributed by atoms with van der Waals surface area (Å²) in [4.78, 5) is 34.0. The zero-order valence-corrected chi connectivity index (χ0v) is 14.5. The standard InChI is InChI=1S/C18H22N4O3/c1-12-15(17(24)21-18(19-12)22-9-3-4-10-22)11-16(23)20-13-5-7-14(25-2)8-6-13/h5-8H,3-4,9-11H2,1-2H3,(H,20,23)(H,19,21,24). The van der Waals surface area contributed by atoms with Crippen LogP contribution in [0.15, 0.2) is 29.1 Å². The number of H-pyrrole nitrogens is 1. The van der Waals surface area contributed by atoms with Gasteiger partial charge in [0.05, 0.1) is 19.2 Å². The number of amides is 1. The summed E-state index contributed by atoms with van der Waals surface area (Å²) in [5.41, 5.74) is 1.39. The molecule has 7 nitrogen and oxygen atoms in total. The Morgan fingerprint density at radius 3 is 2.56 bits per heavy atom. The van der Waals surface area contributed by atoms with E-state index < -0.39 is 0 Å². The van der Waals surface area contributed by atoms with Crippen LogP contribution in [0.3, 0.4) is 0 Å². The molecule has 0 unspecified atom stereocenters. The van der Waals surface area contributed by atoms with Crippen LogP contribution >= 0.6 is 0 Å². The molecule has 7 heteroatoms. The highest BCUT2D eigenvalue weighted by atomic mass is 16.5. The lowest BCUT2D eigenvalue weighted by atomic mass is 10.1. The van der Waals surface area contributed by atoms with E-state index in [0.29, 0.717) is 28.6 Å². The Bertz CT molecular complexity index is 808. The van der Waals surface area contributed by atoms with Crippen molar-refractivity contribution in [2.75, 3.05) is 30.4 Å². The summed E-state index contributed by atoms with van der Waals surface area (Å²) in [5.74, 6) is 1.06. The maximum atomic E-state index is 12.4. The van der Waals surface area contributed by atoms with Gasteiger partial charge in [0, 0.05) is 24.3 Å². The molecule has 1 aromatic carbocycles. The van der Waals surface area contributed by atoms with Gasteiger partial charge in [-0.15, -0.1) is 0 Å². The number of methoxy groups -OCH3 is 1. The van der Waals surface area contributed by atoms with E-state index >= 15 is 0 Å². The third-order valence-corrected chi connectivity index (χ3v) is 4.33. The Balaban J connectivity index is 1.70. The van der Waals surface area contributed by atoms with E-state index in [-0.39, 0.29) is 17.9 Å². The first-order valence-corrected chi connectivity index (χ1v) is 8.35. The minimum absolute atomic E-state index is 0.0134. The van der Waals surface area contributed by atoms with E-state index in [1.807, 2.05) is 0 Å². The highest BCUT2D eigenvalue weighted by molar-refractivity contribution is 5.92. The van der Waals surface area contributed by atoms with Gasteiger partial charge in [0.1, 0.15) is 5.75 Å². The van der Waals surface area contributed by atoms with Gasteiger partial charge in [0.25, 0.3) is 5.56 Å². The summed E-state index contributed by atoms with van der Waals surface area (Å²) in [6.07, 6.45) is 2.20. The number of nitrogens with zero attached hydrogens (tertiary/aromatic N) is 2. The monoisotopic (exact) mass is 342 g/mol. The molecule has 0 radical (unpaired) electrons. The molecule has 0 atom stereocenters. The molecule has 1 aromatic heterocycles. The van der Waals surface area contributed by atoms with Crippen molar-refractivity contribution in [2.45, 2.75) is 26.2 Å². The minimum Gasteiger partial charge on any atom is -0.497 e. The predicted molar refractivity (Wildman–Crippen MR) is 96.4 cm³/mol. The first kappa shape index (κ1) is 17.0. The Hall–Kier alpha value is -2.83. The normalized spacial score (nSPS) is 13.8. The molecular formula is C18H22N4O3. The minimum atomic E-state index is -0.255. The van der Waals surface area contributed by atoms with Crippen molar-refractivity contribution in [2.24, 2.45) is 0 Å². The first-order valence-electron chi connectivity index (χ1n) is 8.35. The molecule has 0 saturated carbocycles. The van der Waals surface area contributed by atoms with Crippen molar-refractivity contribution in [1.82, 2.24) is 9.97 Å². The lowest BCUT2D eigenvalue weighted by Crippen LogP contribution is -2.28. The molecule has 1 saturated heterocycles. The Morgan fingerprint density at radius 2 is 1.96 bits per heavy atom. The second kappa shape index (κ2) is 7.38. The number of hydrogen-bond donors (Lipinski definition) is 2. The molecule has 1 aliphatic heterocycles. The highest BCUT2D eigenvalue weighted by Gasteiger charge is 2.18. The molecular weight excluding hydrogens is 320 g/mol. The van der Waals surface area contributed by atoms with Crippen LogP contribution in [-0.4, -0.2) is 36.1 Å². The smallest absolute Gasteiger partial charge is 0.256 e. The second-order valence-corrected chi connectivity index (χ2v) is 6.10. The predicted octanol–water partition coefficient (Wildman–Crippen LogP) is 1.87. The molecule has 1 amide bonds. The fourth-order valence-corrected chi connectivity index (χ4v) is 2.92. The zero-order valence-electron chi connectivity index (χ0n) is 14.5. The van der Waals surface area contributed by atoms with E-state index in [9.17, 15) is 9.59 Å². The largest absolute Gasteiger partial charge is 0.497 e. The molecule has 1 fully saturated rings. The molecule has 3 rings (SSSR count). The summed E-state index contributed by atoms with van der Waals surface area (Å²) in [5, 5.41) is 2.78. The van der Waals surface area contributed by atoms with Gasteiger partial charge < -0.3 is 15.0 Å². The van der Waals surface area contributed by atoms with Crippen LogP contribution in [0.1, 0.15) is 24.1 Å². The molecule has 25 heavy (non-hydrogen) atoms. The highest BCUT2D eigenvalue weighted by Crippen LogP contribution is 2.17. The number of anilines is 2. The zero-order chi connectivity index (χ0) is 17.8. The van der Waals surface area contributed by atoms with Crippen molar-refractivity contribution >= 4 is 17.5 Å². The van der Waals surface area contributed by atoms with E-state index in [4.69, 9.17) is 4.74 Å². The number of carbonyl (C=O) groups is 1. The van der Waals surface area contributed by atoms with Gasteiger partial charge in [-0.05, 0) is 44.0 Å². The number of benzene rings is 1. The van der Waals surface area contributed by atoms with Crippen molar-refractivity contribution in [3.05, 3.63) is 45.9 Å². The summed E-state index contributed by atoms with van der Waals surface area (Å²) >= 11 is 0. The summed E-state index contributed by atoms with van der Waals surface area (Å²) < 4.78 is 5.08. The van der Waals surface area contributed by atoms with Gasteiger partial charge in [-0.1, -0.05) is 0 Å². The van der Waals surface area contributed by atoms with E-state index in [1.165, 1.54) is 0 Å². The lowest BCUT2D eigenvalue weighted by molar-refractivity contribution is -0.115. The number of rotatable bonds is 5. The van der Waals surface area contributed by atoms with Crippen molar-refractivity contribution < 1.29 is 9.53 Å². The van der Waals surface area contributed by atoms with Gasteiger partial charge in [-0.2, -0.15) is 0 Å². The molecule has 0 aliphatic carbocycles. The van der Waals surface area contributed by atoms with Crippen LogP contribution in [0.2, 0.25) is 0 Å². The van der Waals surface area contributed by atoms with Crippen molar-refractivity contribution in [3.63, 3.8) is 0 Å². The van der Waals surface area contributed by atoms with Crippen molar-refractivity contribution in [1.29, 1.82) is 0 Å². The number of nitrogens with one attached hydrogen (secondary N) is 2. The van der Waals surface area contributed by atoms with Crippen molar-refractivity contribution in [3.8, 4) is 5.75 Å². The number of carbonyl (C=O) groups excluding carboxylic acids is 1. The van der Waals surface area contributed by atoms with Crippen LogP contribution in [0, 0.1) is 6.92 Å². The average molecular weight is 342 g/mol. The van der Waals surface area contributed by atoms with Crippen LogP contribution in [0.4, 0.5) is 11.6 Å². The third kappa shape index (κ3) is 3.99. The van der Waals surface area contributed by atoms with Crippen LogP contribution in [-0.2, 0) is 11.2 Å². The second-order valence-electron chi connectivity index (χ2n) is 6.10. The number of hydrogen-bond acceptors (Lipinski definition) is 5. The van der Waals surface area contributed by atoms with Gasteiger partial charge >= 0.3 is 0 Å². The maximum absolute atomic E-state index is 12.4. The van der Waals surface area contributed by atoms with Gasteiger partial charge in [-0.25, -0.2) is 4.98 Å². The maximum Gasteiger partial charge on any atom is 0.256 e. The van der Waals surface area contributed by atoms with Gasteiger partial charge in [0.15, 0.2) is 0 Å². The fourth-order valence-electron chi connectivity index (χ4n) is 2.92. The van der Waals surface area contributed by atoms with Crippen LogP contribution in [0.25, 0.3) is 0 Å². The van der Waals surface area contributed by atoms with Crippen LogP contribution in [0.5, 0.6) is 5.75 Å². The average Bonchev–Trinajstić information content (AvgIpc) is 3.13. The first-order chi connectivity index (χ1) is 12.1. The fraction of sp³-hybridized carbons (Fsp3) is 0.389. The number of aromatic nitrogens is 2. The Morgan fingerprint density at radius 1 is 1.28 bits per heavy atom. The van der Waals surface area contributed by atoms with Gasteiger partial charge in [-0.3, -0.25) is 14.6 Å². The molecule has 0 spiro atoms. The quantitative estimate of drug-likeness (QED) is 0.866. The number of aryl methyl sites for hydroxylation is 1. The molecule has 1 aliphatic rings. The molecule has 2 aromatic rings. The summed E-state index contributed by atoms with van der Waals surface area (Å²) in [7, 11) is 1.58. The molecule has 2 heterocycles. The van der Waals surface area contributed by atoms with E-state index in [1.54, 1.807) is 38.3 Å². The number of aromatic amines is 1. The molecule has 2 N–H and O–H groups in total. The lowest BCUT2D eigenvalue weighted by Gasteiger charge is -2.17. The summed E-state index contributed by atoms with van der Waals surface area (Å²) in [6, 6.07) is 7.03. The van der Waals surface area contributed by atoms with Gasteiger partial charge in [0.2, 0.25) is 11.9 Å².